The van der Waals surface area contributed by atoms with E-state index in [0.717, 1.165) is 28.5 Å². The van der Waals surface area contributed by atoms with Gasteiger partial charge in [-0.05, 0) is 53.4 Å². The Balaban J connectivity index is 1.51. The first-order valence-electron chi connectivity index (χ1n) is 9.93. The Labute approximate surface area is 185 Å². The zero-order valence-electron chi connectivity index (χ0n) is 17.6. The third kappa shape index (κ3) is 4.87. The number of rotatable bonds is 6. The fourth-order valence-electron chi connectivity index (χ4n) is 3.45. The van der Waals surface area contributed by atoms with Crippen LogP contribution in [0.3, 0.4) is 0 Å². The summed E-state index contributed by atoms with van der Waals surface area (Å²) in [7, 11) is -3.25. The molecule has 0 radical (unpaired) electrons. The lowest BCUT2D eigenvalue weighted by Crippen LogP contribution is -2.21. The van der Waals surface area contributed by atoms with Crippen molar-refractivity contribution < 1.29 is 17.6 Å². The van der Waals surface area contributed by atoms with Gasteiger partial charge in [-0.2, -0.15) is 0 Å². The molecule has 8 heteroatoms. The number of aromatic nitrogens is 1. The summed E-state index contributed by atoms with van der Waals surface area (Å²) in [6.45, 7) is 2.08. The molecule has 4 aromatic rings. The molecular formula is C24H22FN3O3S. The van der Waals surface area contributed by atoms with Crippen LogP contribution in [0.4, 0.5) is 10.1 Å². The highest BCUT2D eigenvalue weighted by Crippen LogP contribution is 2.25. The van der Waals surface area contributed by atoms with Gasteiger partial charge in [0.2, 0.25) is 10.0 Å². The van der Waals surface area contributed by atoms with Crippen molar-refractivity contribution in [3.63, 3.8) is 0 Å². The minimum atomic E-state index is -3.25. The van der Waals surface area contributed by atoms with Gasteiger partial charge in [0.1, 0.15) is 11.5 Å². The highest BCUT2D eigenvalue weighted by Gasteiger charge is 2.14. The first-order valence-corrected chi connectivity index (χ1v) is 11.8. The molecule has 6 nitrogen and oxygen atoms in total. The van der Waals surface area contributed by atoms with Crippen LogP contribution in [-0.2, 0) is 16.6 Å². The van der Waals surface area contributed by atoms with Crippen LogP contribution in [0, 0.1) is 12.7 Å². The summed E-state index contributed by atoms with van der Waals surface area (Å²) in [6.07, 6.45) is 1.12. The molecule has 1 amide bonds. The third-order valence-corrected chi connectivity index (χ3v) is 5.81. The van der Waals surface area contributed by atoms with Gasteiger partial charge in [-0.1, -0.05) is 42.5 Å². The molecular weight excluding hydrogens is 429 g/mol. The maximum Gasteiger partial charge on any atom is 0.272 e. The molecule has 3 N–H and O–H groups in total. The number of halogens is 1. The van der Waals surface area contributed by atoms with Crippen LogP contribution in [-0.4, -0.2) is 25.6 Å². The summed E-state index contributed by atoms with van der Waals surface area (Å²) in [5.41, 5.74) is 5.00. The summed E-state index contributed by atoms with van der Waals surface area (Å²) >= 11 is 0. The molecule has 0 aliphatic rings. The van der Waals surface area contributed by atoms with E-state index in [1.807, 2.05) is 49.4 Å². The molecule has 1 aromatic heterocycles. The van der Waals surface area contributed by atoms with Crippen LogP contribution in [0.15, 0.2) is 66.7 Å². The average molecular weight is 452 g/mol. The number of fused-ring (bicyclic) bond motifs is 1. The van der Waals surface area contributed by atoms with E-state index in [9.17, 15) is 17.6 Å². The van der Waals surface area contributed by atoms with Crippen molar-refractivity contribution in [2.45, 2.75) is 13.5 Å². The molecule has 164 valence electrons. The number of aromatic amines is 1. The van der Waals surface area contributed by atoms with Crippen molar-refractivity contribution >= 4 is 32.5 Å². The van der Waals surface area contributed by atoms with Crippen LogP contribution in [0.1, 0.15) is 21.6 Å². The lowest BCUT2D eigenvalue weighted by Gasteiger charge is -2.08. The number of H-pyrrole nitrogens is 1. The summed E-state index contributed by atoms with van der Waals surface area (Å²) in [5, 5.41) is 3.23. The van der Waals surface area contributed by atoms with Gasteiger partial charge in [0.15, 0.2) is 0 Å². The minimum absolute atomic E-state index is 0.222. The van der Waals surface area contributed by atoms with Crippen molar-refractivity contribution in [1.82, 2.24) is 9.71 Å². The molecule has 0 saturated carbocycles. The molecule has 3 aromatic carbocycles. The van der Waals surface area contributed by atoms with Crippen molar-refractivity contribution in [2.75, 3.05) is 11.6 Å². The Morgan fingerprint density at radius 2 is 1.75 bits per heavy atom. The summed E-state index contributed by atoms with van der Waals surface area (Å²) in [6, 6.07) is 19.4. The Morgan fingerprint density at radius 3 is 2.44 bits per heavy atom. The molecule has 0 unspecified atom stereocenters. The lowest BCUT2D eigenvalue weighted by atomic mass is 10.0. The van der Waals surface area contributed by atoms with Gasteiger partial charge in [-0.3, -0.25) is 4.79 Å². The number of carbonyl (C=O) groups excluding carboxylic acids is 1. The predicted octanol–water partition coefficient (Wildman–Crippen LogP) is 4.58. The van der Waals surface area contributed by atoms with Crippen LogP contribution < -0.4 is 10.0 Å². The molecule has 0 bridgehead atoms. The minimum Gasteiger partial charge on any atom is -0.350 e. The quantitative estimate of drug-likeness (QED) is 0.401. The van der Waals surface area contributed by atoms with Crippen LogP contribution in [0.5, 0.6) is 0 Å². The highest BCUT2D eigenvalue weighted by molar-refractivity contribution is 7.88. The summed E-state index contributed by atoms with van der Waals surface area (Å²) in [4.78, 5) is 15.7. The lowest BCUT2D eigenvalue weighted by molar-refractivity contribution is 0.102. The zero-order valence-corrected chi connectivity index (χ0v) is 18.4. The van der Waals surface area contributed by atoms with E-state index in [1.54, 1.807) is 12.1 Å². The number of hydrogen-bond donors (Lipinski definition) is 3. The van der Waals surface area contributed by atoms with Crippen LogP contribution in [0.25, 0.3) is 22.0 Å². The van der Waals surface area contributed by atoms with Crippen molar-refractivity contribution in [3.8, 4) is 11.1 Å². The first kappa shape index (κ1) is 21.7. The fourth-order valence-corrected chi connectivity index (χ4v) is 3.88. The number of nitrogens with one attached hydrogen (secondary N) is 3. The SMILES string of the molecule is Cc1ccc(F)c2cc(C(=O)Nc3cccc(-c4ccc(CNS(C)(=O)=O)cc4)c3)[nH]c12. The molecule has 1 heterocycles. The number of sulfonamides is 1. The van der Waals surface area contributed by atoms with Crippen molar-refractivity contribution in [1.29, 1.82) is 0 Å². The van der Waals surface area contributed by atoms with E-state index in [1.165, 1.54) is 12.1 Å². The second-order valence-corrected chi connectivity index (χ2v) is 9.49. The van der Waals surface area contributed by atoms with Gasteiger partial charge < -0.3 is 10.3 Å². The summed E-state index contributed by atoms with van der Waals surface area (Å²) in [5.74, 6) is -0.738. The highest BCUT2D eigenvalue weighted by atomic mass is 32.2. The molecule has 32 heavy (non-hydrogen) atoms. The monoisotopic (exact) mass is 451 g/mol. The normalized spacial score (nSPS) is 11.6. The van der Waals surface area contributed by atoms with E-state index >= 15 is 0 Å². The standard InChI is InChI=1S/C24H22FN3O3S/c1-15-6-11-21(25)20-13-22(28-23(15)20)24(29)27-19-5-3-4-18(12-19)17-9-7-16(8-10-17)14-26-32(2,30)31/h3-13,26,28H,14H2,1-2H3,(H,27,29). The molecule has 0 saturated heterocycles. The van der Waals surface area contributed by atoms with Crippen LogP contribution >= 0.6 is 0 Å². The predicted molar refractivity (Wildman–Crippen MR) is 125 cm³/mol. The molecule has 0 fully saturated rings. The number of benzene rings is 3. The largest absolute Gasteiger partial charge is 0.350 e. The Morgan fingerprint density at radius 1 is 1.00 bits per heavy atom. The summed E-state index contributed by atoms with van der Waals surface area (Å²) < 4.78 is 39.0. The smallest absolute Gasteiger partial charge is 0.272 e. The van der Waals surface area contributed by atoms with Gasteiger partial charge in [-0.25, -0.2) is 17.5 Å². The van der Waals surface area contributed by atoms with Gasteiger partial charge in [0, 0.05) is 17.6 Å². The average Bonchev–Trinajstić information content (AvgIpc) is 3.22. The number of anilines is 1. The van der Waals surface area contributed by atoms with Gasteiger partial charge >= 0.3 is 0 Å². The Bertz CT molecular complexity index is 1370. The number of carbonyl (C=O) groups is 1. The maximum atomic E-state index is 14.1. The van der Waals surface area contributed by atoms with E-state index < -0.39 is 10.0 Å². The van der Waals surface area contributed by atoms with E-state index in [0.29, 0.717) is 16.6 Å². The molecule has 0 aliphatic heterocycles. The van der Waals surface area contributed by atoms with Crippen molar-refractivity contribution in [3.05, 3.63) is 89.4 Å². The third-order valence-electron chi connectivity index (χ3n) is 5.14. The maximum absolute atomic E-state index is 14.1. The molecule has 0 atom stereocenters. The molecule has 4 rings (SSSR count). The number of hydrogen-bond acceptors (Lipinski definition) is 3. The van der Waals surface area contributed by atoms with Crippen LogP contribution in [0.2, 0.25) is 0 Å². The van der Waals surface area contributed by atoms with Gasteiger partial charge in [0.05, 0.1) is 11.8 Å². The molecule has 0 aliphatic carbocycles. The second-order valence-electron chi connectivity index (χ2n) is 7.66. The van der Waals surface area contributed by atoms with E-state index in [2.05, 4.69) is 15.0 Å². The second kappa shape index (κ2) is 8.57. The van der Waals surface area contributed by atoms with Crippen molar-refractivity contribution in [2.24, 2.45) is 0 Å². The van der Waals surface area contributed by atoms with Gasteiger partial charge in [-0.15, -0.1) is 0 Å². The van der Waals surface area contributed by atoms with E-state index in [-0.39, 0.29) is 24.0 Å². The van der Waals surface area contributed by atoms with E-state index in [4.69, 9.17) is 0 Å². The molecule has 0 spiro atoms. The Hall–Kier alpha value is -3.49. The topological polar surface area (TPSA) is 91.1 Å². The van der Waals surface area contributed by atoms with Gasteiger partial charge in [0.25, 0.3) is 5.91 Å². The first-order chi connectivity index (χ1) is 15.2. The zero-order chi connectivity index (χ0) is 22.9. The number of amides is 1. The Kier molecular flexibility index (Phi) is 5.82. The fraction of sp³-hybridized carbons (Fsp3) is 0.125. The number of aryl methyl sites for hydroxylation is 1.